The summed E-state index contributed by atoms with van der Waals surface area (Å²) in [6.45, 7) is 3.81. The number of esters is 1. The number of hydrogen-bond acceptors (Lipinski definition) is 3. The van der Waals surface area contributed by atoms with Crippen LogP contribution in [0.3, 0.4) is 0 Å². The Morgan fingerprint density at radius 3 is 2.09 bits per heavy atom. The lowest BCUT2D eigenvalue weighted by Gasteiger charge is -2.28. The Bertz CT molecular complexity index is 356. The lowest BCUT2D eigenvalue weighted by molar-refractivity contribution is -0.355. The predicted molar refractivity (Wildman–Crippen MR) is 68.3 cm³/mol. The van der Waals surface area contributed by atoms with E-state index in [-0.39, 0.29) is 24.0 Å². The Labute approximate surface area is 127 Å². The fraction of sp³-hybridized carbons (Fsp3) is 0.917. The minimum atomic E-state index is -6.30. The van der Waals surface area contributed by atoms with Gasteiger partial charge in [-0.05, 0) is 18.1 Å². The normalized spacial score (nSPS) is 13.5. The monoisotopic (exact) mass is 358 g/mol. The number of alkyl halides is 7. The molecule has 0 N–H and O–H groups in total. The second-order valence-corrected chi connectivity index (χ2v) is 6.11. The topological polar surface area (TPSA) is 26.3 Å². The molecule has 0 aromatic rings. The molecule has 0 aliphatic heterocycles. The minimum Gasteiger partial charge on any atom is -0.465 e. The summed E-state index contributed by atoms with van der Waals surface area (Å²) in [4.78, 5) is 11.1. The summed E-state index contributed by atoms with van der Waals surface area (Å²) < 4.78 is 91.3. The Morgan fingerprint density at radius 1 is 1.09 bits per heavy atom. The summed E-state index contributed by atoms with van der Waals surface area (Å²) in [6, 6.07) is 0. The summed E-state index contributed by atoms with van der Waals surface area (Å²) in [5.74, 6) is -12.0. The molecule has 0 bridgehead atoms. The van der Waals surface area contributed by atoms with Crippen LogP contribution in [0.15, 0.2) is 0 Å². The average molecular weight is 358 g/mol. The minimum absolute atomic E-state index is 0.122. The van der Waals surface area contributed by atoms with Gasteiger partial charge in [-0.25, -0.2) is 0 Å². The van der Waals surface area contributed by atoms with E-state index in [2.05, 4.69) is 0 Å². The predicted octanol–water partition coefficient (Wildman–Crippen LogP) is 4.53. The first-order valence-corrected chi connectivity index (χ1v) is 7.52. The number of hydrogen-bond donors (Lipinski definition) is 0. The van der Waals surface area contributed by atoms with Crippen molar-refractivity contribution in [3.05, 3.63) is 0 Å². The van der Waals surface area contributed by atoms with Crippen molar-refractivity contribution in [2.45, 2.75) is 44.7 Å². The summed E-state index contributed by atoms with van der Waals surface area (Å²) in [7, 11) is 0. The van der Waals surface area contributed by atoms with Crippen LogP contribution in [0.5, 0.6) is 0 Å². The van der Waals surface area contributed by atoms with Gasteiger partial charge in [0.25, 0.3) is 0 Å². The fourth-order valence-electron chi connectivity index (χ4n) is 1.22. The van der Waals surface area contributed by atoms with Gasteiger partial charge in [0.15, 0.2) is 0 Å². The number of halogens is 7. The highest BCUT2D eigenvalue weighted by Crippen LogP contribution is 2.48. The quantitative estimate of drug-likeness (QED) is 0.344. The molecule has 0 spiro atoms. The Hall–Kier alpha value is -0.670. The zero-order valence-electron chi connectivity index (χ0n) is 12.0. The molecular weight excluding hydrogens is 341 g/mol. The van der Waals surface area contributed by atoms with Crippen LogP contribution in [0.4, 0.5) is 30.7 Å². The molecule has 0 amide bonds. The van der Waals surface area contributed by atoms with Crippen LogP contribution in [-0.2, 0) is 9.53 Å². The summed E-state index contributed by atoms with van der Waals surface area (Å²) >= 11 is 0.838. The van der Waals surface area contributed by atoms with Crippen molar-refractivity contribution in [1.29, 1.82) is 0 Å². The van der Waals surface area contributed by atoms with Gasteiger partial charge >= 0.3 is 24.0 Å². The van der Waals surface area contributed by atoms with Gasteiger partial charge in [-0.3, -0.25) is 4.79 Å². The lowest BCUT2D eigenvalue weighted by Crippen LogP contribution is -2.51. The number of carbonyl (C=O) groups excluding carboxylic acids is 1. The largest absolute Gasteiger partial charge is 0.465 e. The zero-order valence-corrected chi connectivity index (χ0v) is 12.8. The highest BCUT2D eigenvalue weighted by atomic mass is 32.2. The third-order valence-corrected chi connectivity index (χ3v) is 3.41. The van der Waals surface area contributed by atoms with Gasteiger partial charge in [-0.15, -0.1) is 0 Å². The molecule has 0 saturated carbocycles. The second-order valence-electron chi connectivity index (χ2n) is 5.01. The fourth-order valence-corrected chi connectivity index (χ4v) is 1.96. The summed E-state index contributed by atoms with van der Waals surface area (Å²) in [5, 5.41) is 0. The maximum absolute atomic E-state index is 12.9. The van der Waals surface area contributed by atoms with E-state index in [0.717, 1.165) is 11.8 Å². The van der Waals surface area contributed by atoms with Crippen LogP contribution in [-0.4, -0.2) is 42.1 Å². The standard InChI is InChI=1S/C12H17F7O2S/c1-8(2)6-21-9(20)7-22-5-3-4-10(13,14)11(15,16)12(17,18)19/h8H,3-7H2,1-2H3. The Kier molecular flexibility index (Phi) is 8.01. The molecule has 22 heavy (non-hydrogen) atoms. The van der Waals surface area contributed by atoms with Gasteiger partial charge in [0.1, 0.15) is 0 Å². The average Bonchev–Trinajstić information content (AvgIpc) is 2.34. The Balaban J connectivity index is 4.08. The van der Waals surface area contributed by atoms with Gasteiger partial charge in [0, 0.05) is 6.42 Å². The van der Waals surface area contributed by atoms with Crippen molar-refractivity contribution in [2.75, 3.05) is 18.1 Å². The van der Waals surface area contributed by atoms with E-state index in [1.165, 1.54) is 0 Å². The lowest BCUT2D eigenvalue weighted by atomic mass is 10.1. The van der Waals surface area contributed by atoms with Gasteiger partial charge in [-0.2, -0.15) is 42.5 Å². The van der Waals surface area contributed by atoms with Crippen LogP contribution in [0.25, 0.3) is 0 Å². The molecule has 0 atom stereocenters. The van der Waals surface area contributed by atoms with E-state index in [0.29, 0.717) is 0 Å². The van der Waals surface area contributed by atoms with Gasteiger partial charge in [0.2, 0.25) is 0 Å². The van der Waals surface area contributed by atoms with Gasteiger partial charge in [-0.1, -0.05) is 13.8 Å². The molecule has 0 aromatic heterocycles. The third-order valence-electron chi connectivity index (χ3n) is 2.39. The maximum Gasteiger partial charge on any atom is 0.459 e. The van der Waals surface area contributed by atoms with Crippen molar-refractivity contribution < 1.29 is 40.3 Å². The molecular formula is C12H17F7O2S. The van der Waals surface area contributed by atoms with Crippen LogP contribution >= 0.6 is 11.8 Å². The zero-order chi connectivity index (χ0) is 17.6. The van der Waals surface area contributed by atoms with Crippen LogP contribution in [0.2, 0.25) is 0 Å². The number of rotatable bonds is 9. The molecule has 0 rings (SSSR count). The van der Waals surface area contributed by atoms with Crippen LogP contribution in [0, 0.1) is 5.92 Å². The van der Waals surface area contributed by atoms with Crippen molar-refractivity contribution >= 4 is 17.7 Å². The van der Waals surface area contributed by atoms with Crippen molar-refractivity contribution in [1.82, 2.24) is 0 Å². The molecule has 0 aliphatic rings. The first kappa shape index (κ1) is 21.3. The molecule has 0 unspecified atom stereocenters. The van der Waals surface area contributed by atoms with Crippen molar-refractivity contribution in [3.63, 3.8) is 0 Å². The first-order valence-electron chi connectivity index (χ1n) is 6.37. The summed E-state index contributed by atoms with van der Waals surface area (Å²) in [5.41, 5.74) is 0. The number of carbonyl (C=O) groups is 1. The van der Waals surface area contributed by atoms with Crippen LogP contribution in [0.1, 0.15) is 26.7 Å². The molecule has 0 heterocycles. The van der Waals surface area contributed by atoms with E-state index < -0.39 is 36.8 Å². The van der Waals surface area contributed by atoms with Crippen molar-refractivity contribution in [3.8, 4) is 0 Å². The third kappa shape index (κ3) is 6.62. The molecule has 0 saturated heterocycles. The number of ether oxygens (including phenoxy) is 1. The Morgan fingerprint density at radius 2 is 1.64 bits per heavy atom. The van der Waals surface area contributed by atoms with E-state index in [1.807, 2.05) is 13.8 Å². The second kappa shape index (κ2) is 8.26. The van der Waals surface area contributed by atoms with Gasteiger partial charge < -0.3 is 4.74 Å². The highest BCUT2D eigenvalue weighted by molar-refractivity contribution is 7.99. The molecule has 10 heteroatoms. The summed E-state index contributed by atoms with van der Waals surface area (Å²) in [6.07, 6.45) is -8.50. The van der Waals surface area contributed by atoms with E-state index >= 15 is 0 Å². The molecule has 0 radical (unpaired) electrons. The maximum atomic E-state index is 12.9. The first-order chi connectivity index (χ1) is 9.81. The molecule has 0 aliphatic carbocycles. The van der Waals surface area contributed by atoms with Crippen LogP contribution < -0.4 is 0 Å². The SMILES string of the molecule is CC(C)COC(=O)CSCCCC(F)(F)C(F)(F)C(F)(F)F. The highest BCUT2D eigenvalue weighted by Gasteiger charge is 2.72. The smallest absolute Gasteiger partial charge is 0.459 e. The number of thioether (sulfide) groups is 1. The van der Waals surface area contributed by atoms with E-state index in [1.54, 1.807) is 0 Å². The van der Waals surface area contributed by atoms with Crippen molar-refractivity contribution in [2.24, 2.45) is 5.92 Å². The molecule has 0 aromatic carbocycles. The van der Waals surface area contributed by atoms with E-state index in [9.17, 15) is 35.5 Å². The molecule has 2 nitrogen and oxygen atoms in total. The van der Waals surface area contributed by atoms with E-state index in [4.69, 9.17) is 4.74 Å². The molecule has 132 valence electrons. The van der Waals surface area contributed by atoms with Gasteiger partial charge in [0.05, 0.1) is 12.4 Å². The molecule has 0 fully saturated rings.